The Balaban J connectivity index is 1.31. The average Bonchev–Trinajstić information content (AvgIpc) is 3.45. The lowest BCUT2D eigenvalue weighted by molar-refractivity contribution is -0.118. The predicted octanol–water partition coefficient (Wildman–Crippen LogP) is 3.64. The monoisotopic (exact) mass is 388 g/mol. The van der Waals surface area contributed by atoms with E-state index in [-0.39, 0.29) is 19.3 Å². The number of anilines is 1. The maximum atomic E-state index is 13.0. The smallest absolute Gasteiger partial charge is 0.236 e. The number of rotatable bonds is 5. The van der Waals surface area contributed by atoms with E-state index < -0.39 is 5.41 Å². The lowest BCUT2D eigenvalue weighted by Crippen LogP contribution is -2.28. The van der Waals surface area contributed by atoms with Crippen LogP contribution in [0.3, 0.4) is 0 Å². The minimum Gasteiger partial charge on any atom is -0.454 e. The van der Waals surface area contributed by atoms with Crippen LogP contribution < -0.4 is 14.8 Å². The molecule has 1 fully saturated rings. The molecule has 1 aliphatic heterocycles. The van der Waals surface area contributed by atoms with Crippen LogP contribution in [0.15, 0.2) is 60.8 Å². The van der Waals surface area contributed by atoms with Crippen molar-refractivity contribution in [2.45, 2.75) is 24.9 Å². The number of aliphatic hydroxyl groups is 1. The largest absolute Gasteiger partial charge is 0.454 e. The van der Waals surface area contributed by atoms with Crippen molar-refractivity contribution in [1.29, 1.82) is 0 Å². The summed E-state index contributed by atoms with van der Waals surface area (Å²) in [6.45, 7) is 0.242. The Bertz CT molecular complexity index is 1060. The molecule has 1 aliphatic carbocycles. The number of pyridine rings is 1. The maximum Gasteiger partial charge on any atom is 0.236 e. The van der Waals surface area contributed by atoms with Crippen LogP contribution in [0.2, 0.25) is 0 Å². The fraction of sp³-hybridized carbons (Fsp3) is 0.217. The summed E-state index contributed by atoms with van der Waals surface area (Å²) in [4.78, 5) is 17.4. The van der Waals surface area contributed by atoms with Crippen LogP contribution in [0, 0.1) is 0 Å². The second-order valence-corrected chi connectivity index (χ2v) is 7.39. The molecule has 2 heterocycles. The van der Waals surface area contributed by atoms with Gasteiger partial charge in [0, 0.05) is 11.8 Å². The Hall–Kier alpha value is -3.38. The van der Waals surface area contributed by atoms with Crippen LogP contribution in [0.5, 0.6) is 11.5 Å². The summed E-state index contributed by atoms with van der Waals surface area (Å²) in [5.41, 5.74) is 3.24. The molecular weight excluding hydrogens is 368 g/mol. The molecule has 5 rings (SSSR count). The quantitative estimate of drug-likeness (QED) is 0.698. The van der Waals surface area contributed by atoms with E-state index in [2.05, 4.69) is 10.3 Å². The first kappa shape index (κ1) is 17.7. The number of ether oxygens (including phenoxy) is 2. The van der Waals surface area contributed by atoms with E-state index in [1.165, 1.54) is 0 Å². The number of hydrogen-bond acceptors (Lipinski definition) is 5. The van der Waals surface area contributed by atoms with Gasteiger partial charge in [0.15, 0.2) is 11.5 Å². The number of benzene rings is 2. The first-order valence-electron chi connectivity index (χ1n) is 9.56. The summed E-state index contributed by atoms with van der Waals surface area (Å²) in [5, 5.41) is 12.1. The van der Waals surface area contributed by atoms with Crippen LogP contribution in [0.25, 0.3) is 11.1 Å². The van der Waals surface area contributed by atoms with Gasteiger partial charge in [0.05, 0.1) is 12.0 Å². The molecular formula is C23H20N2O4. The van der Waals surface area contributed by atoms with Gasteiger partial charge >= 0.3 is 0 Å². The van der Waals surface area contributed by atoms with Crippen molar-refractivity contribution in [2.24, 2.45) is 0 Å². The molecule has 29 heavy (non-hydrogen) atoms. The van der Waals surface area contributed by atoms with Gasteiger partial charge in [0.25, 0.3) is 0 Å². The van der Waals surface area contributed by atoms with Gasteiger partial charge in [-0.1, -0.05) is 30.3 Å². The van der Waals surface area contributed by atoms with Crippen LogP contribution in [-0.4, -0.2) is 22.8 Å². The average molecular weight is 388 g/mol. The molecule has 0 spiro atoms. The third-order valence-corrected chi connectivity index (χ3v) is 5.58. The fourth-order valence-corrected chi connectivity index (χ4v) is 3.64. The molecule has 0 atom stereocenters. The zero-order chi connectivity index (χ0) is 19.8. The fourth-order valence-electron chi connectivity index (χ4n) is 3.64. The van der Waals surface area contributed by atoms with Gasteiger partial charge in [-0.05, 0) is 53.8 Å². The Morgan fingerprint density at radius 1 is 1.00 bits per heavy atom. The molecule has 6 nitrogen and oxygen atoms in total. The summed E-state index contributed by atoms with van der Waals surface area (Å²) in [6, 6.07) is 17.1. The number of nitrogens with one attached hydrogen (secondary N) is 1. The molecule has 6 heteroatoms. The van der Waals surface area contributed by atoms with Crippen LogP contribution in [0.4, 0.5) is 5.82 Å². The lowest BCUT2D eigenvalue weighted by atomic mass is 9.94. The molecule has 2 aliphatic rings. The molecule has 1 aromatic heterocycles. The Labute approximate surface area is 168 Å². The van der Waals surface area contributed by atoms with Gasteiger partial charge in [-0.3, -0.25) is 4.79 Å². The maximum absolute atomic E-state index is 13.0. The zero-order valence-electron chi connectivity index (χ0n) is 15.7. The van der Waals surface area contributed by atoms with E-state index in [0.717, 1.165) is 35.1 Å². The molecule has 1 amide bonds. The number of carbonyl (C=O) groups is 1. The zero-order valence-corrected chi connectivity index (χ0v) is 15.7. The predicted molar refractivity (Wildman–Crippen MR) is 108 cm³/mol. The second-order valence-electron chi connectivity index (χ2n) is 7.39. The second kappa shape index (κ2) is 6.90. The van der Waals surface area contributed by atoms with Gasteiger partial charge in [-0.2, -0.15) is 0 Å². The van der Waals surface area contributed by atoms with E-state index in [0.29, 0.717) is 17.3 Å². The van der Waals surface area contributed by atoms with E-state index in [4.69, 9.17) is 14.6 Å². The number of hydrogen-bond donors (Lipinski definition) is 2. The number of nitrogens with zero attached hydrogens (tertiary/aromatic N) is 1. The van der Waals surface area contributed by atoms with E-state index in [1.807, 2.05) is 54.6 Å². The first-order chi connectivity index (χ1) is 14.2. The summed E-state index contributed by atoms with van der Waals surface area (Å²) in [5.74, 6) is 1.88. The van der Waals surface area contributed by atoms with Crippen molar-refractivity contribution >= 4 is 11.7 Å². The lowest BCUT2D eigenvalue weighted by Gasteiger charge is -2.16. The molecule has 0 unspecified atom stereocenters. The first-order valence-corrected chi connectivity index (χ1v) is 9.56. The van der Waals surface area contributed by atoms with Gasteiger partial charge < -0.3 is 19.9 Å². The molecule has 0 radical (unpaired) electrons. The number of fused-ring (bicyclic) bond motifs is 1. The van der Waals surface area contributed by atoms with Crippen molar-refractivity contribution in [2.75, 3.05) is 12.1 Å². The Kier molecular flexibility index (Phi) is 4.21. The standard InChI is InChI=1S/C23H20N2O4/c26-13-15-1-3-16(4-2-15)17-5-8-21(24-12-17)25-22(27)23(9-10-23)18-6-7-19-20(11-18)29-14-28-19/h1-8,11-12,26H,9-10,13-14H2,(H,24,25,27). The molecule has 0 bridgehead atoms. The third-order valence-electron chi connectivity index (χ3n) is 5.58. The van der Waals surface area contributed by atoms with Crippen molar-refractivity contribution in [1.82, 2.24) is 4.98 Å². The van der Waals surface area contributed by atoms with Gasteiger partial charge in [0.1, 0.15) is 5.82 Å². The summed E-state index contributed by atoms with van der Waals surface area (Å²) >= 11 is 0. The highest BCUT2D eigenvalue weighted by molar-refractivity contribution is 6.01. The Morgan fingerprint density at radius 3 is 2.45 bits per heavy atom. The van der Waals surface area contributed by atoms with E-state index in [9.17, 15) is 4.79 Å². The number of aromatic nitrogens is 1. The minimum atomic E-state index is -0.526. The third kappa shape index (κ3) is 3.21. The van der Waals surface area contributed by atoms with Gasteiger partial charge in [0.2, 0.25) is 12.7 Å². The SMILES string of the molecule is O=C(Nc1ccc(-c2ccc(CO)cc2)cn1)C1(c2ccc3c(c2)OCO3)CC1. The van der Waals surface area contributed by atoms with E-state index in [1.54, 1.807) is 6.20 Å². The normalized spacial score (nSPS) is 15.8. The summed E-state index contributed by atoms with van der Waals surface area (Å²) in [7, 11) is 0. The highest BCUT2D eigenvalue weighted by atomic mass is 16.7. The minimum absolute atomic E-state index is 0.0224. The van der Waals surface area contributed by atoms with Gasteiger partial charge in [-0.15, -0.1) is 0 Å². The van der Waals surface area contributed by atoms with Crippen molar-refractivity contribution in [3.8, 4) is 22.6 Å². The molecule has 0 saturated heterocycles. The molecule has 2 N–H and O–H groups in total. The topological polar surface area (TPSA) is 80.7 Å². The molecule has 3 aromatic rings. The van der Waals surface area contributed by atoms with Gasteiger partial charge in [-0.25, -0.2) is 4.98 Å². The van der Waals surface area contributed by atoms with E-state index >= 15 is 0 Å². The highest BCUT2D eigenvalue weighted by Crippen LogP contribution is 2.51. The van der Waals surface area contributed by atoms with Crippen LogP contribution >= 0.6 is 0 Å². The molecule has 146 valence electrons. The molecule has 2 aromatic carbocycles. The van der Waals surface area contributed by atoms with Crippen molar-refractivity contribution < 1.29 is 19.4 Å². The van der Waals surface area contributed by atoms with Crippen molar-refractivity contribution in [3.05, 3.63) is 71.9 Å². The van der Waals surface area contributed by atoms with Crippen molar-refractivity contribution in [3.63, 3.8) is 0 Å². The van der Waals surface area contributed by atoms with Crippen LogP contribution in [-0.2, 0) is 16.8 Å². The Morgan fingerprint density at radius 2 is 1.76 bits per heavy atom. The number of amides is 1. The number of carbonyl (C=O) groups excluding carboxylic acids is 1. The van der Waals surface area contributed by atoms with Crippen LogP contribution in [0.1, 0.15) is 24.0 Å². The molecule has 1 saturated carbocycles. The highest BCUT2D eigenvalue weighted by Gasteiger charge is 2.51. The summed E-state index contributed by atoms with van der Waals surface area (Å²) < 4.78 is 10.8. The summed E-state index contributed by atoms with van der Waals surface area (Å²) in [6.07, 6.45) is 3.34. The number of aliphatic hydroxyl groups excluding tert-OH is 1.